The minimum absolute atomic E-state index is 0.0273. The van der Waals surface area contributed by atoms with Crippen molar-refractivity contribution in [3.63, 3.8) is 0 Å². The number of aromatic nitrogens is 1. The van der Waals surface area contributed by atoms with Crippen LogP contribution in [-0.4, -0.2) is 16.8 Å². The number of rotatable bonds is 5. The van der Waals surface area contributed by atoms with E-state index in [1.165, 1.54) is 25.3 Å². The molecule has 1 heterocycles. The van der Waals surface area contributed by atoms with E-state index in [1.807, 2.05) is 0 Å². The third kappa shape index (κ3) is 5.00. The van der Waals surface area contributed by atoms with Crippen LogP contribution in [-0.2, 0) is 6.18 Å². The van der Waals surface area contributed by atoms with Crippen LogP contribution in [0.2, 0.25) is 5.02 Å². The van der Waals surface area contributed by atoms with Crippen molar-refractivity contribution in [2.24, 2.45) is 5.73 Å². The molecule has 1 aromatic heterocycles. The molecule has 0 bridgehead atoms. The predicted molar refractivity (Wildman–Crippen MR) is 113 cm³/mol. The number of ether oxygens (including phenoxy) is 1. The van der Waals surface area contributed by atoms with Crippen LogP contribution in [0.15, 0.2) is 48.7 Å². The van der Waals surface area contributed by atoms with Crippen molar-refractivity contribution in [2.75, 3.05) is 5.32 Å². The number of benzene rings is 2. The van der Waals surface area contributed by atoms with Crippen molar-refractivity contribution in [1.82, 2.24) is 4.98 Å². The van der Waals surface area contributed by atoms with Crippen LogP contribution in [0.1, 0.15) is 37.5 Å². The number of carbonyl (C=O) groups is 2. The normalized spacial score (nSPS) is 11.2. The van der Waals surface area contributed by atoms with Gasteiger partial charge in [0.2, 0.25) is 0 Å². The molecule has 3 aromatic rings. The summed E-state index contributed by atoms with van der Waals surface area (Å²) in [6.07, 6.45) is -3.50. The number of aryl methyl sites for hydroxylation is 1. The maximum absolute atomic E-state index is 13.5. The highest BCUT2D eigenvalue weighted by Gasteiger charge is 2.35. The van der Waals surface area contributed by atoms with Gasteiger partial charge in [0.1, 0.15) is 17.2 Å². The zero-order chi connectivity index (χ0) is 23.6. The quantitative estimate of drug-likeness (QED) is 0.521. The van der Waals surface area contributed by atoms with Crippen molar-refractivity contribution in [1.29, 1.82) is 0 Å². The van der Waals surface area contributed by atoms with Crippen molar-refractivity contribution in [3.8, 4) is 11.5 Å². The van der Waals surface area contributed by atoms with Crippen LogP contribution in [0.25, 0.3) is 0 Å². The van der Waals surface area contributed by atoms with Gasteiger partial charge in [-0.25, -0.2) is 4.98 Å². The lowest BCUT2D eigenvalue weighted by Crippen LogP contribution is -2.19. The maximum Gasteiger partial charge on any atom is 0.416 e. The molecule has 0 spiro atoms. The molecule has 0 radical (unpaired) electrons. The van der Waals surface area contributed by atoms with E-state index in [4.69, 9.17) is 22.1 Å². The Labute approximate surface area is 186 Å². The van der Waals surface area contributed by atoms with Gasteiger partial charge in [-0.05, 0) is 67.4 Å². The van der Waals surface area contributed by atoms with E-state index in [1.54, 1.807) is 25.1 Å². The Morgan fingerprint density at radius 2 is 1.75 bits per heavy atom. The predicted octanol–water partition coefficient (Wildman–Crippen LogP) is 5.51. The summed E-state index contributed by atoms with van der Waals surface area (Å²) in [5, 5.41) is 2.93. The molecule has 0 aliphatic rings. The van der Waals surface area contributed by atoms with Crippen molar-refractivity contribution in [3.05, 3.63) is 81.6 Å². The minimum atomic E-state index is -4.67. The van der Waals surface area contributed by atoms with Gasteiger partial charge in [0, 0.05) is 5.02 Å². The molecule has 32 heavy (non-hydrogen) atoms. The Hall–Kier alpha value is -3.59. The van der Waals surface area contributed by atoms with Crippen molar-refractivity contribution >= 4 is 29.1 Å². The average molecular weight is 464 g/mol. The van der Waals surface area contributed by atoms with Crippen LogP contribution in [0, 0.1) is 13.8 Å². The van der Waals surface area contributed by atoms with Crippen LogP contribution < -0.4 is 15.8 Å². The van der Waals surface area contributed by atoms with Gasteiger partial charge in [-0.2, -0.15) is 13.2 Å². The first-order valence-corrected chi connectivity index (χ1v) is 9.57. The van der Waals surface area contributed by atoms with Crippen LogP contribution >= 0.6 is 11.6 Å². The van der Waals surface area contributed by atoms with Gasteiger partial charge < -0.3 is 15.8 Å². The van der Waals surface area contributed by atoms with Crippen molar-refractivity contribution < 1.29 is 27.5 Å². The van der Waals surface area contributed by atoms with E-state index in [2.05, 4.69) is 10.3 Å². The second-order valence-electron chi connectivity index (χ2n) is 6.87. The molecule has 6 nitrogen and oxygen atoms in total. The summed E-state index contributed by atoms with van der Waals surface area (Å²) in [5.41, 5.74) is 4.32. The van der Waals surface area contributed by atoms with E-state index in [0.29, 0.717) is 16.3 Å². The first-order valence-electron chi connectivity index (χ1n) is 9.19. The van der Waals surface area contributed by atoms with Crippen LogP contribution in [0.3, 0.4) is 0 Å². The highest BCUT2D eigenvalue weighted by molar-refractivity contribution is 6.30. The highest BCUT2D eigenvalue weighted by atomic mass is 35.5. The Bertz CT molecular complexity index is 1200. The van der Waals surface area contributed by atoms with Crippen LogP contribution in [0.4, 0.5) is 18.9 Å². The number of nitrogens with one attached hydrogen (secondary N) is 1. The largest absolute Gasteiger partial charge is 0.456 e. The Morgan fingerprint density at radius 1 is 1.06 bits per heavy atom. The van der Waals surface area contributed by atoms with Gasteiger partial charge in [-0.3, -0.25) is 9.59 Å². The summed E-state index contributed by atoms with van der Waals surface area (Å²) in [7, 11) is 0. The third-order valence-electron chi connectivity index (χ3n) is 4.59. The average Bonchev–Trinajstić information content (AvgIpc) is 2.69. The molecule has 0 fully saturated rings. The standard InChI is InChI=1S/C22H17ClF3N3O3/c1-11-9-13(23)3-7-17(11)32-18-8-5-15(22(24,25)26)12(2)19(18)21(31)29-14-4-6-16(20(27)30)28-10-14/h3-10H,1-2H3,(H2,27,30)(H,29,31). The number of primary amides is 1. The number of amides is 2. The lowest BCUT2D eigenvalue weighted by atomic mass is 10.00. The number of nitrogens with zero attached hydrogens (tertiary/aromatic N) is 1. The molecule has 0 aliphatic heterocycles. The number of anilines is 1. The molecular formula is C22H17ClF3N3O3. The van der Waals surface area contributed by atoms with Gasteiger partial charge in [0.25, 0.3) is 11.8 Å². The number of hydrogen-bond donors (Lipinski definition) is 2. The van der Waals surface area contributed by atoms with Crippen LogP contribution in [0.5, 0.6) is 11.5 Å². The molecule has 3 rings (SSSR count). The summed E-state index contributed by atoms with van der Waals surface area (Å²) in [4.78, 5) is 27.9. The number of nitrogens with two attached hydrogens (primary N) is 1. The maximum atomic E-state index is 13.5. The molecular weight excluding hydrogens is 447 g/mol. The summed E-state index contributed by atoms with van der Waals surface area (Å²) in [6.45, 7) is 2.90. The lowest BCUT2D eigenvalue weighted by Gasteiger charge is -2.18. The Morgan fingerprint density at radius 3 is 2.31 bits per heavy atom. The third-order valence-corrected chi connectivity index (χ3v) is 4.83. The molecule has 2 aromatic carbocycles. The Kier molecular flexibility index (Phi) is 6.40. The van der Waals surface area contributed by atoms with E-state index in [-0.39, 0.29) is 28.3 Å². The molecule has 10 heteroatoms. The molecule has 0 saturated heterocycles. The number of hydrogen-bond acceptors (Lipinski definition) is 4. The molecule has 166 valence electrons. The molecule has 0 atom stereocenters. The summed E-state index contributed by atoms with van der Waals surface area (Å²) in [6, 6.07) is 9.33. The molecule has 3 N–H and O–H groups in total. The van der Waals surface area contributed by atoms with Gasteiger partial charge in [-0.15, -0.1) is 0 Å². The first-order chi connectivity index (χ1) is 15.0. The second-order valence-corrected chi connectivity index (χ2v) is 7.31. The summed E-state index contributed by atoms with van der Waals surface area (Å²) >= 11 is 5.94. The zero-order valence-corrected chi connectivity index (χ0v) is 17.6. The lowest BCUT2D eigenvalue weighted by molar-refractivity contribution is -0.138. The van der Waals surface area contributed by atoms with E-state index < -0.39 is 23.6 Å². The number of carbonyl (C=O) groups excluding carboxylic acids is 2. The van der Waals surface area contributed by atoms with Gasteiger partial charge >= 0.3 is 6.18 Å². The Balaban J connectivity index is 2.03. The fraction of sp³-hybridized carbons (Fsp3) is 0.136. The monoisotopic (exact) mass is 463 g/mol. The summed E-state index contributed by atoms with van der Waals surface area (Å²) in [5.74, 6) is -1.34. The van der Waals surface area contributed by atoms with Crippen molar-refractivity contribution in [2.45, 2.75) is 20.0 Å². The first kappa shape index (κ1) is 23.1. The fourth-order valence-corrected chi connectivity index (χ4v) is 3.24. The number of pyridine rings is 1. The van der Waals surface area contributed by atoms with E-state index in [9.17, 15) is 22.8 Å². The number of halogens is 4. The van der Waals surface area contributed by atoms with Gasteiger partial charge in [0.15, 0.2) is 0 Å². The topological polar surface area (TPSA) is 94.3 Å². The van der Waals surface area contributed by atoms with E-state index in [0.717, 1.165) is 12.1 Å². The van der Waals surface area contributed by atoms with Gasteiger partial charge in [0.05, 0.1) is 23.0 Å². The fourth-order valence-electron chi connectivity index (χ4n) is 3.01. The molecule has 0 aliphatic carbocycles. The zero-order valence-electron chi connectivity index (χ0n) is 16.9. The SMILES string of the molecule is Cc1cc(Cl)ccc1Oc1ccc(C(F)(F)F)c(C)c1C(=O)Nc1ccc(C(N)=O)nc1. The molecule has 2 amide bonds. The molecule has 0 saturated carbocycles. The molecule has 0 unspecified atom stereocenters. The highest BCUT2D eigenvalue weighted by Crippen LogP contribution is 2.38. The second kappa shape index (κ2) is 8.88. The van der Waals surface area contributed by atoms with Gasteiger partial charge in [-0.1, -0.05) is 11.6 Å². The number of alkyl halides is 3. The smallest absolute Gasteiger partial charge is 0.416 e. The summed E-state index contributed by atoms with van der Waals surface area (Å²) < 4.78 is 46.2. The van der Waals surface area contributed by atoms with E-state index >= 15 is 0 Å². The minimum Gasteiger partial charge on any atom is -0.456 e.